The second kappa shape index (κ2) is 4.71. The maximum Gasteiger partial charge on any atom is 0.0331 e. The Labute approximate surface area is 66.2 Å². The van der Waals surface area contributed by atoms with Gasteiger partial charge in [0.05, 0.1) is 0 Å². The predicted molar refractivity (Wildman–Crippen MR) is 47.0 cm³/mol. The van der Waals surface area contributed by atoms with Crippen molar-refractivity contribution in [3.05, 3.63) is 23.8 Å². The van der Waals surface area contributed by atoms with Crippen molar-refractivity contribution in [3.8, 4) is 0 Å². The van der Waals surface area contributed by atoms with Crippen LogP contribution in [0.3, 0.4) is 0 Å². The second-order valence-corrected chi connectivity index (χ2v) is 2.94. The number of thiocarbonyl (C=S) groups is 1. The summed E-state index contributed by atoms with van der Waals surface area (Å²) in [6.45, 7) is 5.39. The van der Waals surface area contributed by atoms with E-state index < -0.39 is 0 Å². The molecule has 0 aromatic carbocycles. The van der Waals surface area contributed by atoms with Crippen molar-refractivity contribution in [2.75, 3.05) is 0 Å². The predicted octanol–water partition coefficient (Wildman–Crippen LogP) is 3.08. The number of allylic oxidation sites excluding steroid dienone is 3. The van der Waals surface area contributed by atoms with Crippen LogP contribution in [0.1, 0.15) is 13.3 Å². The van der Waals surface area contributed by atoms with E-state index in [1.165, 1.54) is 0 Å². The van der Waals surface area contributed by atoms with Gasteiger partial charge in [-0.3, -0.25) is 0 Å². The van der Waals surface area contributed by atoms with Gasteiger partial charge in [-0.1, -0.05) is 36.5 Å². The second-order valence-electron chi connectivity index (χ2n) is 1.76. The van der Waals surface area contributed by atoms with E-state index in [4.69, 9.17) is 23.8 Å². The lowest BCUT2D eigenvalue weighted by molar-refractivity contribution is 1.49. The van der Waals surface area contributed by atoms with E-state index in [1.807, 2.05) is 13.0 Å². The third-order valence-electron chi connectivity index (χ3n) is 0.704. The fourth-order valence-electron chi connectivity index (χ4n) is 0.353. The first-order chi connectivity index (χ1) is 4.13. The lowest BCUT2D eigenvalue weighted by atomic mass is 10.3. The number of hydrogen-bond acceptors (Lipinski definition) is 1. The molecule has 0 aliphatic rings. The summed E-state index contributed by atoms with van der Waals surface area (Å²) in [4.78, 5) is 0.962. The molecule has 0 bridgehead atoms. The van der Waals surface area contributed by atoms with Crippen LogP contribution in [0, 0.1) is 0 Å². The van der Waals surface area contributed by atoms with Crippen LogP contribution in [-0.2, 0) is 0 Å². The average Bonchev–Trinajstić information content (AvgIpc) is 1.63. The SMILES string of the molecule is C=C(Cl)/C=C\CC(C)=S. The van der Waals surface area contributed by atoms with Gasteiger partial charge >= 0.3 is 0 Å². The van der Waals surface area contributed by atoms with Crippen molar-refractivity contribution in [2.24, 2.45) is 0 Å². The van der Waals surface area contributed by atoms with Gasteiger partial charge in [0.1, 0.15) is 0 Å². The summed E-state index contributed by atoms with van der Waals surface area (Å²) < 4.78 is 0. The topological polar surface area (TPSA) is 0 Å². The molecule has 0 nitrogen and oxygen atoms in total. The van der Waals surface area contributed by atoms with Gasteiger partial charge in [-0.15, -0.1) is 0 Å². The average molecular weight is 161 g/mol. The molecule has 50 valence electrons. The number of hydrogen-bond donors (Lipinski definition) is 0. The van der Waals surface area contributed by atoms with Crippen LogP contribution < -0.4 is 0 Å². The van der Waals surface area contributed by atoms with Crippen LogP contribution in [0.5, 0.6) is 0 Å². The molecule has 0 spiro atoms. The van der Waals surface area contributed by atoms with Crippen molar-refractivity contribution in [2.45, 2.75) is 13.3 Å². The fraction of sp³-hybridized carbons (Fsp3) is 0.286. The molecule has 0 aromatic rings. The molecule has 0 heterocycles. The Morgan fingerprint density at radius 2 is 2.33 bits per heavy atom. The first-order valence-corrected chi connectivity index (χ1v) is 3.42. The maximum absolute atomic E-state index is 5.44. The van der Waals surface area contributed by atoms with Crippen LogP contribution in [0.4, 0.5) is 0 Å². The summed E-state index contributed by atoms with van der Waals surface area (Å²) in [5.41, 5.74) is 0. The Bertz CT molecular complexity index is 147. The number of halogens is 1. The molecule has 0 saturated carbocycles. The normalized spacial score (nSPS) is 10.0. The highest BCUT2D eigenvalue weighted by atomic mass is 35.5. The van der Waals surface area contributed by atoms with Crippen LogP contribution in [0.2, 0.25) is 0 Å². The van der Waals surface area contributed by atoms with Gasteiger partial charge in [0, 0.05) is 5.03 Å². The highest BCUT2D eigenvalue weighted by Gasteiger charge is 1.80. The van der Waals surface area contributed by atoms with Gasteiger partial charge in [0.25, 0.3) is 0 Å². The van der Waals surface area contributed by atoms with Gasteiger partial charge in [0.15, 0.2) is 0 Å². The van der Waals surface area contributed by atoms with Gasteiger partial charge in [-0.25, -0.2) is 0 Å². The van der Waals surface area contributed by atoms with Gasteiger partial charge in [-0.2, -0.15) is 0 Å². The van der Waals surface area contributed by atoms with Crippen LogP contribution >= 0.6 is 23.8 Å². The van der Waals surface area contributed by atoms with E-state index in [9.17, 15) is 0 Å². The minimum atomic E-state index is 0.547. The molecule has 0 aliphatic heterocycles. The summed E-state index contributed by atoms with van der Waals surface area (Å²) >= 11 is 10.3. The molecule has 0 rings (SSSR count). The largest absolute Gasteiger partial charge is 0.0897 e. The lowest BCUT2D eigenvalue weighted by Crippen LogP contribution is -1.79. The highest BCUT2D eigenvalue weighted by molar-refractivity contribution is 7.80. The molecule has 0 N–H and O–H groups in total. The maximum atomic E-state index is 5.44. The lowest BCUT2D eigenvalue weighted by Gasteiger charge is -1.85. The Morgan fingerprint density at radius 3 is 2.67 bits per heavy atom. The minimum Gasteiger partial charge on any atom is -0.0897 e. The van der Waals surface area contributed by atoms with E-state index >= 15 is 0 Å². The zero-order valence-electron chi connectivity index (χ0n) is 5.36. The van der Waals surface area contributed by atoms with E-state index in [2.05, 4.69) is 6.58 Å². The molecule has 0 radical (unpaired) electrons. The summed E-state index contributed by atoms with van der Waals surface area (Å²) in [7, 11) is 0. The fourth-order valence-corrected chi connectivity index (χ4v) is 0.538. The first kappa shape index (κ1) is 8.86. The highest BCUT2D eigenvalue weighted by Crippen LogP contribution is 1.99. The molecule has 0 aromatic heterocycles. The molecular formula is C7H9ClS. The molecule has 0 unspecified atom stereocenters. The Balaban J connectivity index is 3.48. The van der Waals surface area contributed by atoms with Crippen molar-refractivity contribution in [1.82, 2.24) is 0 Å². The van der Waals surface area contributed by atoms with E-state index in [-0.39, 0.29) is 0 Å². The summed E-state index contributed by atoms with van der Waals surface area (Å²) in [5, 5.41) is 0.547. The van der Waals surface area contributed by atoms with Crippen molar-refractivity contribution < 1.29 is 0 Å². The molecule has 0 saturated heterocycles. The Kier molecular flexibility index (Phi) is 4.64. The molecule has 2 heteroatoms. The van der Waals surface area contributed by atoms with Crippen molar-refractivity contribution >= 4 is 28.7 Å². The zero-order valence-corrected chi connectivity index (χ0v) is 6.93. The summed E-state index contributed by atoms with van der Waals surface area (Å²) in [6.07, 6.45) is 4.45. The standard InChI is InChI=1S/C7H9ClS/c1-6(8)4-3-5-7(2)9/h3-4H,1,5H2,2H3/b4-3-. The quantitative estimate of drug-likeness (QED) is 0.452. The molecule has 0 amide bonds. The minimum absolute atomic E-state index is 0.547. The van der Waals surface area contributed by atoms with E-state index in [1.54, 1.807) is 6.08 Å². The molecule has 0 fully saturated rings. The third kappa shape index (κ3) is 7.86. The van der Waals surface area contributed by atoms with Gasteiger partial charge < -0.3 is 0 Å². The van der Waals surface area contributed by atoms with E-state index in [0.29, 0.717) is 5.03 Å². The number of rotatable bonds is 3. The van der Waals surface area contributed by atoms with Crippen molar-refractivity contribution in [1.29, 1.82) is 0 Å². The van der Waals surface area contributed by atoms with Crippen LogP contribution in [0.15, 0.2) is 23.8 Å². The van der Waals surface area contributed by atoms with Crippen LogP contribution in [0.25, 0.3) is 0 Å². The molecule has 0 atom stereocenters. The smallest absolute Gasteiger partial charge is 0.0331 e. The first-order valence-electron chi connectivity index (χ1n) is 2.63. The van der Waals surface area contributed by atoms with Crippen molar-refractivity contribution in [3.63, 3.8) is 0 Å². The monoisotopic (exact) mass is 160 g/mol. The Hall–Kier alpha value is -0.140. The van der Waals surface area contributed by atoms with Gasteiger partial charge in [-0.05, 0) is 24.3 Å². The molecule has 0 aliphatic carbocycles. The Morgan fingerprint density at radius 1 is 1.78 bits per heavy atom. The van der Waals surface area contributed by atoms with Gasteiger partial charge in [0.2, 0.25) is 0 Å². The zero-order chi connectivity index (χ0) is 7.28. The molecular weight excluding hydrogens is 152 g/mol. The summed E-state index contributed by atoms with van der Waals surface area (Å²) in [6, 6.07) is 0. The third-order valence-corrected chi connectivity index (χ3v) is 0.997. The summed E-state index contributed by atoms with van der Waals surface area (Å²) in [5.74, 6) is 0. The van der Waals surface area contributed by atoms with Crippen LogP contribution in [-0.4, -0.2) is 4.86 Å². The molecule has 9 heavy (non-hydrogen) atoms. The van der Waals surface area contributed by atoms with E-state index in [0.717, 1.165) is 11.3 Å².